The first kappa shape index (κ1) is 23.9. The van der Waals surface area contributed by atoms with Crippen molar-refractivity contribution in [3.05, 3.63) is 81.7 Å². The Balaban J connectivity index is 1.61. The Morgan fingerprint density at radius 3 is 2.36 bits per heavy atom. The number of rotatable bonds is 6. The summed E-state index contributed by atoms with van der Waals surface area (Å²) >= 11 is 3.38. The lowest BCUT2D eigenvalue weighted by Crippen LogP contribution is -2.35. The van der Waals surface area contributed by atoms with Gasteiger partial charge in [0, 0.05) is 48.3 Å². The van der Waals surface area contributed by atoms with E-state index in [9.17, 15) is 8.42 Å². The molecule has 1 aliphatic heterocycles. The van der Waals surface area contributed by atoms with Gasteiger partial charge in [-0.05, 0) is 49.6 Å². The van der Waals surface area contributed by atoms with Gasteiger partial charge in [-0.2, -0.15) is 4.31 Å². The van der Waals surface area contributed by atoms with E-state index in [4.69, 9.17) is 9.97 Å². The van der Waals surface area contributed by atoms with Crippen LogP contribution >= 0.6 is 15.9 Å². The summed E-state index contributed by atoms with van der Waals surface area (Å²) in [6.45, 7) is 6.32. The minimum absolute atomic E-state index is 0.329. The minimum Gasteiger partial charge on any atom is -0.355 e. The topological polar surface area (TPSA) is 66.4 Å². The molecule has 0 amide bonds. The molecule has 0 radical (unpaired) electrons. The van der Waals surface area contributed by atoms with Gasteiger partial charge in [-0.15, -0.1) is 0 Å². The van der Waals surface area contributed by atoms with Crippen LogP contribution in [0.2, 0.25) is 0 Å². The first-order chi connectivity index (χ1) is 15.9. The molecule has 0 atom stereocenters. The number of hydrogen-bond donors (Lipinski definition) is 0. The Hall–Kier alpha value is -2.29. The first-order valence-corrected chi connectivity index (χ1v) is 13.5. The highest BCUT2D eigenvalue weighted by Crippen LogP contribution is 2.27. The number of halogens is 1. The van der Waals surface area contributed by atoms with Gasteiger partial charge in [-0.1, -0.05) is 53.2 Å². The van der Waals surface area contributed by atoms with Crippen LogP contribution in [0.25, 0.3) is 0 Å². The fourth-order valence-electron chi connectivity index (χ4n) is 4.27. The zero-order chi connectivity index (χ0) is 23.4. The van der Waals surface area contributed by atoms with Crippen LogP contribution in [-0.2, 0) is 22.9 Å². The lowest BCUT2D eigenvalue weighted by atomic mass is 10.0. The molecule has 2 aromatic carbocycles. The van der Waals surface area contributed by atoms with E-state index in [0.717, 1.165) is 53.2 Å². The van der Waals surface area contributed by atoms with E-state index >= 15 is 0 Å². The van der Waals surface area contributed by atoms with Gasteiger partial charge in [0.1, 0.15) is 11.6 Å². The maximum Gasteiger partial charge on any atom is 0.243 e. The molecule has 1 saturated heterocycles. The summed E-state index contributed by atoms with van der Waals surface area (Å²) in [6.07, 6.45) is 2.33. The van der Waals surface area contributed by atoms with Crippen molar-refractivity contribution in [2.24, 2.45) is 0 Å². The van der Waals surface area contributed by atoms with Gasteiger partial charge in [0.05, 0.1) is 4.90 Å². The maximum absolute atomic E-state index is 13.2. The number of aromatic nitrogens is 2. The fraction of sp³-hybridized carbons (Fsp3) is 0.360. The molecular weight excluding hydrogens is 500 g/mol. The van der Waals surface area contributed by atoms with Gasteiger partial charge in [0.15, 0.2) is 0 Å². The molecule has 1 aromatic heterocycles. The first-order valence-electron chi connectivity index (χ1n) is 11.3. The third-order valence-electron chi connectivity index (χ3n) is 5.95. The van der Waals surface area contributed by atoms with Crippen molar-refractivity contribution >= 4 is 31.8 Å². The molecule has 0 unspecified atom stereocenters. The van der Waals surface area contributed by atoms with Crippen LogP contribution in [0.1, 0.15) is 36.0 Å². The normalized spacial score (nSPS) is 15.4. The van der Waals surface area contributed by atoms with Crippen molar-refractivity contribution in [2.75, 3.05) is 31.1 Å². The second-order valence-electron chi connectivity index (χ2n) is 8.23. The third-order valence-corrected chi connectivity index (χ3v) is 8.39. The van der Waals surface area contributed by atoms with Gasteiger partial charge in [0.2, 0.25) is 10.0 Å². The van der Waals surface area contributed by atoms with Crippen molar-refractivity contribution in [2.45, 2.75) is 38.0 Å². The van der Waals surface area contributed by atoms with Crippen molar-refractivity contribution in [1.82, 2.24) is 14.3 Å². The van der Waals surface area contributed by atoms with Crippen molar-refractivity contribution < 1.29 is 8.42 Å². The average molecular weight is 530 g/mol. The lowest BCUT2D eigenvalue weighted by molar-refractivity contribution is 0.433. The highest BCUT2D eigenvalue weighted by molar-refractivity contribution is 9.10. The monoisotopic (exact) mass is 528 g/mol. The molecule has 2 heterocycles. The Morgan fingerprint density at radius 1 is 0.939 bits per heavy atom. The van der Waals surface area contributed by atoms with Crippen LogP contribution in [0.5, 0.6) is 0 Å². The van der Waals surface area contributed by atoms with Crippen molar-refractivity contribution in [3.8, 4) is 0 Å². The number of sulfonamides is 1. The quantitative estimate of drug-likeness (QED) is 0.467. The Kier molecular flexibility index (Phi) is 7.46. The highest BCUT2D eigenvalue weighted by atomic mass is 79.9. The second-order valence-corrected chi connectivity index (χ2v) is 11.1. The van der Waals surface area contributed by atoms with Crippen molar-refractivity contribution in [1.29, 1.82) is 0 Å². The van der Waals surface area contributed by atoms with Gasteiger partial charge in [0.25, 0.3) is 0 Å². The lowest BCUT2D eigenvalue weighted by Gasteiger charge is -2.26. The molecule has 33 heavy (non-hydrogen) atoms. The summed E-state index contributed by atoms with van der Waals surface area (Å²) in [5, 5.41) is 0. The Bertz CT molecular complexity index is 1200. The third kappa shape index (κ3) is 5.45. The van der Waals surface area contributed by atoms with Gasteiger partial charge in [-0.3, -0.25) is 0 Å². The highest BCUT2D eigenvalue weighted by Gasteiger charge is 2.28. The zero-order valence-corrected chi connectivity index (χ0v) is 21.4. The molecule has 3 aromatic rings. The standard InChI is InChI=1S/C25H29BrN4O2S/c1-3-24-23(18-20-8-5-4-6-9-20)25(28-19(2)27-24)29-14-7-15-30(17-16-29)33(31,32)22-12-10-21(26)11-13-22/h4-6,8-13H,3,7,14-18H2,1-2H3. The van der Waals surface area contributed by atoms with E-state index in [1.807, 2.05) is 25.1 Å². The Labute approximate surface area is 204 Å². The Morgan fingerprint density at radius 2 is 1.67 bits per heavy atom. The summed E-state index contributed by atoms with van der Waals surface area (Å²) in [6, 6.07) is 17.2. The molecule has 8 heteroatoms. The van der Waals surface area contributed by atoms with Crippen molar-refractivity contribution in [3.63, 3.8) is 0 Å². The molecule has 4 rings (SSSR count). The summed E-state index contributed by atoms with van der Waals surface area (Å²) in [5.41, 5.74) is 3.42. The van der Waals surface area contributed by atoms with E-state index in [-0.39, 0.29) is 0 Å². The summed E-state index contributed by atoms with van der Waals surface area (Å²) in [4.78, 5) is 12.1. The number of benzene rings is 2. The smallest absolute Gasteiger partial charge is 0.243 e. The van der Waals surface area contributed by atoms with Gasteiger partial charge < -0.3 is 4.90 Å². The van der Waals surface area contributed by atoms with Crippen LogP contribution in [0, 0.1) is 6.92 Å². The summed E-state index contributed by atoms with van der Waals surface area (Å²) in [7, 11) is -3.53. The van der Waals surface area contributed by atoms with E-state index in [0.29, 0.717) is 24.5 Å². The largest absolute Gasteiger partial charge is 0.355 e. The van der Waals surface area contributed by atoms with Crippen LogP contribution in [0.4, 0.5) is 5.82 Å². The molecule has 0 spiro atoms. The number of hydrogen-bond acceptors (Lipinski definition) is 5. The fourth-order valence-corrected chi connectivity index (χ4v) is 6.01. The molecule has 1 aliphatic rings. The summed E-state index contributed by atoms with van der Waals surface area (Å²) in [5.74, 6) is 1.69. The van der Waals surface area contributed by atoms with Gasteiger partial charge >= 0.3 is 0 Å². The van der Waals surface area contributed by atoms with Gasteiger partial charge in [-0.25, -0.2) is 18.4 Å². The summed E-state index contributed by atoms with van der Waals surface area (Å²) < 4.78 is 28.9. The molecule has 0 bridgehead atoms. The van der Waals surface area contributed by atoms with Crippen LogP contribution in [-0.4, -0.2) is 48.9 Å². The van der Waals surface area contributed by atoms with Crippen LogP contribution < -0.4 is 4.90 Å². The number of anilines is 1. The van der Waals surface area contributed by atoms with E-state index < -0.39 is 10.0 Å². The van der Waals surface area contributed by atoms with E-state index in [2.05, 4.69) is 39.9 Å². The molecular formula is C25H29BrN4O2S. The predicted octanol–water partition coefficient (Wildman–Crippen LogP) is 4.60. The van der Waals surface area contributed by atoms with E-state index in [1.165, 1.54) is 5.56 Å². The number of nitrogens with zero attached hydrogens (tertiary/aromatic N) is 4. The molecule has 0 aliphatic carbocycles. The molecule has 1 fully saturated rings. The second kappa shape index (κ2) is 10.3. The predicted molar refractivity (Wildman–Crippen MR) is 135 cm³/mol. The average Bonchev–Trinajstić information content (AvgIpc) is 3.08. The van der Waals surface area contributed by atoms with Crippen LogP contribution in [0.3, 0.4) is 0 Å². The SMILES string of the molecule is CCc1nc(C)nc(N2CCCN(S(=O)(=O)c3ccc(Br)cc3)CC2)c1Cc1ccccc1. The molecule has 0 saturated carbocycles. The molecule has 0 N–H and O–H groups in total. The molecule has 174 valence electrons. The number of aryl methyl sites for hydroxylation is 2. The van der Waals surface area contributed by atoms with E-state index in [1.54, 1.807) is 28.6 Å². The van der Waals surface area contributed by atoms with Crippen LogP contribution in [0.15, 0.2) is 64.0 Å². The zero-order valence-electron chi connectivity index (χ0n) is 19.0. The minimum atomic E-state index is -3.53. The maximum atomic E-state index is 13.2. The molecule has 6 nitrogen and oxygen atoms in total.